The van der Waals surface area contributed by atoms with E-state index < -0.39 is 58.5 Å². The number of methoxy groups -OCH3 is 1. The highest BCUT2D eigenvalue weighted by Crippen LogP contribution is 2.43. The first kappa shape index (κ1) is 28.0. The summed E-state index contributed by atoms with van der Waals surface area (Å²) < 4.78 is 128. The fraction of sp³-hybridized carbons (Fsp3) is 0.250. The number of ether oxygens (including phenoxy) is 1. The smallest absolute Gasteiger partial charge is 0.356 e. The average Bonchev–Trinajstić information content (AvgIpc) is 2.82. The van der Waals surface area contributed by atoms with Crippen LogP contribution in [0.1, 0.15) is 34.0 Å². The Morgan fingerprint density at radius 3 is 1.86 bits per heavy atom. The predicted molar refractivity (Wildman–Crippen MR) is 112 cm³/mol. The number of amides is 1. The summed E-state index contributed by atoms with van der Waals surface area (Å²) in [6, 6.07) is 7.61. The van der Waals surface area contributed by atoms with E-state index in [1.54, 1.807) is 0 Å². The maximum Gasteiger partial charge on any atom is 0.430 e. The van der Waals surface area contributed by atoms with Crippen molar-refractivity contribution in [2.24, 2.45) is 0 Å². The lowest BCUT2D eigenvalue weighted by Crippen LogP contribution is -2.56. The van der Waals surface area contributed by atoms with E-state index in [-0.39, 0.29) is 5.56 Å². The molecule has 1 aromatic heterocycles. The van der Waals surface area contributed by atoms with Crippen LogP contribution in [0, 0.1) is 0 Å². The minimum atomic E-state index is -5.39. The van der Waals surface area contributed by atoms with Gasteiger partial charge >= 0.3 is 18.5 Å². The summed E-state index contributed by atoms with van der Waals surface area (Å²) >= 11 is 0. The molecule has 0 aliphatic rings. The van der Waals surface area contributed by atoms with E-state index in [1.165, 1.54) is 18.2 Å². The van der Waals surface area contributed by atoms with E-state index in [1.807, 2.05) is 5.32 Å². The van der Waals surface area contributed by atoms with E-state index in [2.05, 4.69) is 9.72 Å². The van der Waals surface area contributed by atoms with Crippen molar-refractivity contribution in [2.75, 3.05) is 7.11 Å². The van der Waals surface area contributed by atoms with Gasteiger partial charge in [0.1, 0.15) is 0 Å². The van der Waals surface area contributed by atoms with Crippen molar-refractivity contribution >= 4 is 5.91 Å². The fourth-order valence-electron chi connectivity index (χ4n) is 3.72. The maximum atomic E-state index is 14.3. The second kappa shape index (κ2) is 10.0. The zero-order valence-electron chi connectivity index (χ0n) is 18.7. The molecule has 0 aliphatic heterocycles. The Labute approximate surface area is 204 Å². The zero-order valence-corrected chi connectivity index (χ0v) is 18.7. The van der Waals surface area contributed by atoms with Crippen LogP contribution >= 0.6 is 0 Å². The van der Waals surface area contributed by atoms with Gasteiger partial charge in [-0.15, -0.1) is 0 Å². The Kier molecular flexibility index (Phi) is 7.59. The number of carbonyl (C=O) groups is 1. The van der Waals surface area contributed by atoms with Crippen LogP contribution in [0.15, 0.2) is 72.9 Å². The molecule has 0 bridgehead atoms. The topological polar surface area (TPSA) is 51.2 Å². The highest BCUT2D eigenvalue weighted by molar-refractivity contribution is 5.88. The van der Waals surface area contributed by atoms with Gasteiger partial charge in [0.2, 0.25) is 0 Å². The molecule has 0 fully saturated rings. The molecule has 0 radical (unpaired) electrons. The van der Waals surface area contributed by atoms with Crippen LogP contribution in [-0.4, -0.2) is 24.2 Å². The molecule has 2 atom stereocenters. The SMILES string of the molecule is CO[C@](C(=O)NC(c1ccc(C(F)(F)F)cc1)c1ncccc1C(F)(F)F)(c1ccccc1)C(F)(F)F. The number of benzene rings is 2. The normalized spacial score (nSPS) is 15.1. The first-order chi connectivity index (χ1) is 17.1. The van der Waals surface area contributed by atoms with Crippen molar-refractivity contribution in [1.29, 1.82) is 0 Å². The van der Waals surface area contributed by atoms with Gasteiger partial charge in [-0.25, -0.2) is 0 Å². The van der Waals surface area contributed by atoms with Crippen molar-refractivity contribution in [3.63, 3.8) is 0 Å². The van der Waals surface area contributed by atoms with E-state index >= 15 is 0 Å². The van der Waals surface area contributed by atoms with Crippen molar-refractivity contribution < 1.29 is 49.0 Å². The number of hydrogen-bond donors (Lipinski definition) is 1. The van der Waals surface area contributed by atoms with Crippen LogP contribution in [0.3, 0.4) is 0 Å². The lowest BCUT2D eigenvalue weighted by atomic mass is 9.90. The first-order valence-corrected chi connectivity index (χ1v) is 10.3. The molecule has 0 saturated heterocycles. The molecule has 3 aromatic rings. The first-order valence-electron chi connectivity index (χ1n) is 10.3. The highest BCUT2D eigenvalue weighted by atomic mass is 19.4. The molecule has 3 rings (SSSR count). The molecule has 198 valence electrons. The molecule has 1 N–H and O–H groups in total. The second-order valence-corrected chi connectivity index (χ2v) is 7.71. The standard InChI is InChI=1S/C24H17F9N2O2/c1-37-21(24(31,32)33,15-6-3-2-4-7-15)20(36)35-18(14-9-11-16(12-10-14)22(25,26)27)19-17(23(28,29)30)8-5-13-34-19/h2-13,18H,1H3,(H,35,36)/t18?,21-/m0/s1. The van der Waals surface area contributed by atoms with E-state index in [0.717, 1.165) is 36.5 Å². The van der Waals surface area contributed by atoms with Gasteiger partial charge in [-0.1, -0.05) is 42.5 Å². The van der Waals surface area contributed by atoms with Gasteiger partial charge in [0, 0.05) is 18.9 Å². The van der Waals surface area contributed by atoms with Crippen LogP contribution in [0.2, 0.25) is 0 Å². The minimum absolute atomic E-state index is 0.384. The molecule has 1 heterocycles. The Hall–Kier alpha value is -3.61. The Bertz CT molecular complexity index is 1220. The van der Waals surface area contributed by atoms with Crippen LogP contribution in [0.25, 0.3) is 0 Å². The van der Waals surface area contributed by atoms with Gasteiger partial charge < -0.3 is 10.1 Å². The number of rotatable bonds is 6. The fourth-order valence-corrected chi connectivity index (χ4v) is 3.72. The lowest BCUT2D eigenvalue weighted by Gasteiger charge is -2.35. The summed E-state index contributed by atoms with van der Waals surface area (Å²) in [5.74, 6) is -1.91. The number of aromatic nitrogens is 1. The van der Waals surface area contributed by atoms with Crippen LogP contribution in [-0.2, 0) is 27.5 Å². The van der Waals surface area contributed by atoms with Gasteiger partial charge in [-0.05, 0) is 29.8 Å². The quantitative estimate of drug-likeness (QED) is 0.370. The summed E-state index contributed by atoms with van der Waals surface area (Å²) in [6.45, 7) is 0. The van der Waals surface area contributed by atoms with Crippen LogP contribution < -0.4 is 5.32 Å². The average molecular weight is 536 g/mol. The van der Waals surface area contributed by atoms with E-state index in [0.29, 0.717) is 25.3 Å². The largest absolute Gasteiger partial charge is 0.430 e. The Balaban J connectivity index is 2.20. The number of nitrogens with one attached hydrogen (secondary N) is 1. The van der Waals surface area contributed by atoms with Crippen molar-refractivity contribution in [3.05, 3.63) is 101 Å². The highest BCUT2D eigenvalue weighted by Gasteiger charge is 2.63. The number of carbonyl (C=O) groups excluding carboxylic acids is 1. The number of nitrogens with zero attached hydrogens (tertiary/aromatic N) is 1. The number of halogens is 9. The molecule has 37 heavy (non-hydrogen) atoms. The van der Waals surface area contributed by atoms with Crippen molar-refractivity contribution in [3.8, 4) is 0 Å². The van der Waals surface area contributed by atoms with Crippen molar-refractivity contribution in [2.45, 2.75) is 30.2 Å². The molecular formula is C24H17F9N2O2. The second-order valence-electron chi connectivity index (χ2n) is 7.71. The predicted octanol–water partition coefficient (Wildman–Crippen LogP) is 6.43. The molecule has 0 aliphatic carbocycles. The van der Waals surface area contributed by atoms with Gasteiger partial charge in [0.05, 0.1) is 22.9 Å². The summed E-state index contributed by atoms with van der Waals surface area (Å²) in [5, 5.41) is 1.89. The van der Waals surface area contributed by atoms with Gasteiger partial charge in [0.25, 0.3) is 11.5 Å². The number of pyridine rings is 1. The molecule has 0 saturated carbocycles. The molecular weight excluding hydrogens is 519 g/mol. The van der Waals surface area contributed by atoms with E-state index in [9.17, 15) is 44.3 Å². The summed E-state index contributed by atoms with van der Waals surface area (Å²) in [6.07, 6.45) is -14.3. The molecule has 2 aromatic carbocycles. The number of hydrogen-bond acceptors (Lipinski definition) is 3. The van der Waals surface area contributed by atoms with Crippen LogP contribution in [0.5, 0.6) is 0 Å². The van der Waals surface area contributed by atoms with Crippen LogP contribution in [0.4, 0.5) is 39.5 Å². The molecule has 4 nitrogen and oxygen atoms in total. The maximum absolute atomic E-state index is 14.3. The Morgan fingerprint density at radius 1 is 0.784 bits per heavy atom. The minimum Gasteiger partial charge on any atom is -0.356 e. The lowest BCUT2D eigenvalue weighted by molar-refractivity contribution is -0.266. The Morgan fingerprint density at radius 2 is 1.38 bits per heavy atom. The molecule has 0 spiro atoms. The molecule has 1 unspecified atom stereocenters. The third kappa shape index (κ3) is 5.55. The summed E-state index contributed by atoms with van der Waals surface area (Å²) in [4.78, 5) is 16.9. The van der Waals surface area contributed by atoms with Crippen molar-refractivity contribution in [1.82, 2.24) is 10.3 Å². The van der Waals surface area contributed by atoms with Gasteiger partial charge in [-0.2, -0.15) is 39.5 Å². The zero-order chi connectivity index (χ0) is 27.6. The van der Waals surface area contributed by atoms with E-state index in [4.69, 9.17) is 0 Å². The summed E-state index contributed by atoms with van der Waals surface area (Å²) in [5.41, 5.74) is -8.22. The third-order valence-electron chi connectivity index (χ3n) is 5.47. The van der Waals surface area contributed by atoms with Gasteiger partial charge in [-0.3, -0.25) is 9.78 Å². The summed E-state index contributed by atoms with van der Waals surface area (Å²) in [7, 11) is 0.592. The number of alkyl halides is 9. The molecule has 13 heteroatoms. The molecule has 1 amide bonds. The third-order valence-corrected chi connectivity index (χ3v) is 5.47. The van der Waals surface area contributed by atoms with Gasteiger partial charge in [0.15, 0.2) is 0 Å². The monoisotopic (exact) mass is 536 g/mol.